The number of halogens is 1. The minimum atomic E-state index is -0.422. The van der Waals surface area contributed by atoms with Gasteiger partial charge in [-0.25, -0.2) is 9.18 Å². The third-order valence-electron chi connectivity index (χ3n) is 6.39. The van der Waals surface area contributed by atoms with E-state index in [1.165, 1.54) is 12.1 Å². The summed E-state index contributed by atoms with van der Waals surface area (Å²) in [5, 5.41) is 2.97. The fraction of sp³-hybridized carbons (Fsp3) is 0.321. The van der Waals surface area contributed by atoms with Gasteiger partial charge in [0.05, 0.1) is 6.04 Å². The van der Waals surface area contributed by atoms with Crippen molar-refractivity contribution in [2.24, 2.45) is 0 Å². The Labute approximate surface area is 206 Å². The SMILES string of the molecule is CN(C)c1ccc(C(CNC(=O)OCc2ccccc2)N2CCN(c3ccc(F)cc3)CC2)cc1. The number of amides is 1. The van der Waals surface area contributed by atoms with Crippen LogP contribution in [0.15, 0.2) is 78.9 Å². The lowest BCUT2D eigenvalue weighted by Crippen LogP contribution is -2.50. The van der Waals surface area contributed by atoms with Crippen LogP contribution in [0.1, 0.15) is 17.2 Å². The molecule has 7 heteroatoms. The molecule has 6 nitrogen and oxygen atoms in total. The predicted molar refractivity (Wildman–Crippen MR) is 138 cm³/mol. The standard InChI is InChI=1S/C28H33FN4O2/c1-31(2)25-12-8-23(9-13-25)27(20-30-28(34)35-21-22-6-4-3-5-7-22)33-18-16-32(17-19-33)26-14-10-24(29)11-15-26/h3-15,27H,16-21H2,1-2H3,(H,30,34). The van der Waals surface area contributed by atoms with Gasteiger partial charge in [-0.3, -0.25) is 4.90 Å². The molecule has 0 bridgehead atoms. The zero-order valence-corrected chi connectivity index (χ0v) is 20.4. The van der Waals surface area contributed by atoms with Gasteiger partial charge in [0.15, 0.2) is 0 Å². The topological polar surface area (TPSA) is 48.1 Å². The summed E-state index contributed by atoms with van der Waals surface area (Å²) in [5.41, 5.74) is 4.26. The molecule has 1 fully saturated rings. The molecule has 4 rings (SSSR count). The van der Waals surface area contributed by atoms with Gasteiger partial charge in [0.1, 0.15) is 12.4 Å². The Hall–Kier alpha value is -3.58. The van der Waals surface area contributed by atoms with E-state index in [4.69, 9.17) is 4.74 Å². The first-order valence-corrected chi connectivity index (χ1v) is 12.0. The van der Waals surface area contributed by atoms with Crippen molar-refractivity contribution in [1.82, 2.24) is 10.2 Å². The minimum absolute atomic E-state index is 0.0193. The van der Waals surface area contributed by atoms with Gasteiger partial charge in [-0.2, -0.15) is 0 Å². The van der Waals surface area contributed by atoms with Crippen molar-refractivity contribution in [3.8, 4) is 0 Å². The summed E-state index contributed by atoms with van der Waals surface area (Å²) in [7, 11) is 4.04. The van der Waals surface area contributed by atoms with E-state index in [0.717, 1.165) is 48.7 Å². The number of ether oxygens (including phenoxy) is 1. The van der Waals surface area contributed by atoms with E-state index < -0.39 is 6.09 Å². The molecule has 1 N–H and O–H groups in total. The molecule has 35 heavy (non-hydrogen) atoms. The van der Waals surface area contributed by atoms with Crippen molar-refractivity contribution in [3.63, 3.8) is 0 Å². The Morgan fingerprint density at radius 2 is 1.60 bits per heavy atom. The van der Waals surface area contributed by atoms with Crippen LogP contribution < -0.4 is 15.1 Å². The number of carbonyl (C=O) groups is 1. The number of nitrogens with one attached hydrogen (secondary N) is 1. The molecule has 3 aromatic rings. The summed E-state index contributed by atoms with van der Waals surface area (Å²) in [5.74, 6) is -0.223. The number of alkyl carbamates (subject to hydrolysis) is 1. The van der Waals surface area contributed by atoms with Crippen molar-refractivity contribution < 1.29 is 13.9 Å². The summed E-state index contributed by atoms with van der Waals surface area (Å²) in [6, 6.07) is 24.8. The van der Waals surface area contributed by atoms with Crippen LogP contribution in [0.25, 0.3) is 0 Å². The second kappa shape index (κ2) is 11.7. The van der Waals surface area contributed by atoms with Crippen molar-refractivity contribution in [2.75, 3.05) is 56.6 Å². The highest BCUT2D eigenvalue weighted by molar-refractivity contribution is 5.67. The summed E-state index contributed by atoms with van der Waals surface area (Å²) < 4.78 is 18.7. The highest BCUT2D eigenvalue weighted by Gasteiger charge is 2.26. The number of anilines is 2. The van der Waals surface area contributed by atoms with Crippen LogP contribution in [0, 0.1) is 5.82 Å². The molecule has 0 radical (unpaired) electrons. The molecule has 184 valence electrons. The molecule has 1 aliphatic rings. The first-order valence-electron chi connectivity index (χ1n) is 12.0. The molecule has 0 aromatic heterocycles. The Morgan fingerprint density at radius 1 is 0.943 bits per heavy atom. The summed E-state index contributed by atoms with van der Waals surface area (Å²) in [6.45, 7) is 4.01. The van der Waals surface area contributed by atoms with E-state index in [1.54, 1.807) is 0 Å². The predicted octanol–water partition coefficient (Wildman–Crippen LogP) is 4.68. The average Bonchev–Trinajstić information content (AvgIpc) is 2.89. The van der Waals surface area contributed by atoms with E-state index in [2.05, 4.69) is 44.3 Å². The van der Waals surface area contributed by atoms with Crippen LogP contribution in [-0.2, 0) is 11.3 Å². The number of carbonyl (C=O) groups excluding carboxylic acids is 1. The lowest BCUT2D eigenvalue weighted by Gasteiger charge is -2.40. The van der Waals surface area contributed by atoms with Crippen molar-refractivity contribution in [2.45, 2.75) is 12.6 Å². The van der Waals surface area contributed by atoms with E-state index in [-0.39, 0.29) is 18.5 Å². The van der Waals surface area contributed by atoms with Crippen molar-refractivity contribution >= 4 is 17.5 Å². The van der Waals surface area contributed by atoms with Gasteiger partial charge in [-0.1, -0.05) is 42.5 Å². The molecule has 0 saturated carbocycles. The molecule has 0 aliphatic carbocycles. The number of benzene rings is 3. The van der Waals surface area contributed by atoms with Gasteiger partial charge < -0.3 is 19.9 Å². The molecule has 3 aromatic carbocycles. The van der Waals surface area contributed by atoms with Gasteiger partial charge >= 0.3 is 6.09 Å². The number of piperazine rings is 1. The largest absolute Gasteiger partial charge is 0.445 e. The van der Waals surface area contributed by atoms with Crippen LogP contribution in [0.2, 0.25) is 0 Å². The Morgan fingerprint density at radius 3 is 2.23 bits per heavy atom. The molecule has 1 atom stereocenters. The first kappa shape index (κ1) is 24.5. The van der Waals surface area contributed by atoms with E-state index in [0.29, 0.717) is 6.54 Å². The van der Waals surface area contributed by atoms with Crippen LogP contribution in [0.4, 0.5) is 20.6 Å². The smallest absolute Gasteiger partial charge is 0.407 e. The maximum absolute atomic E-state index is 13.3. The van der Waals surface area contributed by atoms with Gasteiger partial charge in [0, 0.05) is 58.2 Å². The van der Waals surface area contributed by atoms with E-state index in [9.17, 15) is 9.18 Å². The van der Waals surface area contributed by atoms with Crippen LogP contribution in [0.5, 0.6) is 0 Å². The zero-order valence-electron chi connectivity index (χ0n) is 20.4. The summed E-state index contributed by atoms with van der Waals surface area (Å²) in [4.78, 5) is 19.2. The quantitative estimate of drug-likeness (QED) is 0.512. The monoisotopic (exact) mass is 476 g/mol. The number of rotatable bonds is 8. The molecule has 0 spiro atoms. The maximum Gasteiger partial charge on any atom is 0.407 e. The second-order valence-electron chi connectivity index (χ2n) is 8.94. The number of hydrogen-bond donors (Lipinski definition) is 1. The normalized spacial score (nSPS) is 14.9. The fourth-order valence-electron chi connectivity index (χ4n) is 4.35. The Kier molecular flexibility index (Phi) is 8.21. The molecule has 1 saturated heterocycles. The van der Waals surface area contributed by atoms with Gasteiger partial charge in [0.2, 0.25) is 0 Å². The van der Waals surface area contributed by atoms with Crippen LogP contribution in [-0.4, -0.2) is 57.8 Å². The first-order chi connectivity index (χ1) is 17.0. The molecule has 1 unspecified atom stereocenters. The molecule has 1 heterocycles. The third-order valence-corrected chi connectivity index (χ3v) is 6.39. The highest BCUT2D eigenvalue weighted by atomic mass is 19.1. The fourth-order valence-corrected chi connectivity index (χ4v) is 4.35. The number of nitrogens with zero attached hydrogens (tertiary/aromatic N) is 3. The summed E-state index contributed by atoms with van der Waals surface area (Å²) in [6.07, 6.45) is -0.422. The second-order valence-corrected chi connectivity index (χ2v) is 8.94. The zero-order chi connectivity index (χ0) is 24.6. The van der Waals surface area contributed by atoms with Gasteiger partial charge in [0.25, 0.3) is 0 Å². The number of hydrogen-bond acceptors (Lipinski definition) is 5. The van der Waals surface area contributed by atoms with Gasteiger partial charge in [-0.05, 0) is 47.5 Å². The van der Waals surface area contributed by atoms with Crippen LogP contribution >= 0.6 is 0 Å². The van der Waals surface area contributed by atoms with E-state index >= 15 is 0 Å². The highest BCUT2D eigenvalue weighted by Crippen LogP contribution is 2.26. The molecule has 1 amide bonds. The third kappa shape index (κ3) is 6.73. The van der Waals surface area contributed by atoms with Crippen molar-refractivity contribution in [1.29, 1.82) is 0 Å². The molecule has 1 aliphatic heterocycles. The van der Waals surface area contributed by atoms with E-state index in [1.807, 2.05) is 56.6 Å². The molecular weight excluding hydrogens is 443 g/mol. The maximum atomic E-state index is 13.3. The van der Waals surface area contributed by atoms with Gasteiger partial charge in [-0.15, -0.1) is 0 Å². The Balaban J connectivity index is 1.40. The van der Waals surface area contributed by atoms with Crippen LogP contribution in [0.3, 0.4) is 0 Å². The average molecular weight is 477 g/mol. The lowest BCUT2D eigenvalue weighted by molar-refractivity contribution is 0.130. The van der Waals surface area contributed by atoms with Crippen molar-refractivity contribution in [3.05, 3.63) is 95.8 Å². The molecular formula is C28H33FN4O2. The lowest BCUT2D eigenvalue weighted by atomic mass is 10.0. The Bertz CT molecular complexity index is 1070. The summed E-state index contributed by atoms with van der Waals surface area (Å²) >= 11 is 0. The minimum Gasteiger partial charge on any atom is -0.445 e.